The fourth-order valence-electron chi connectivity index (χ4n) is 7.18. The maximum Gasteiger partial charge on any atom is 0.253 e. The number of hydrogen-bond acceptors (Lipinski definition) is 4. The van der Waals surface area contributed by atoms with Gasteiger partial charge < -0.3 is 9.88 Å². The predicted octanol–water partition coefficient (Wildman–Crippen LogP) is 10.2. The van der Waals surface area contributed by atoms with Crippen molar-refractivity contribution >= 4 is 5.91 Å². The van der Waals surface area contributed by atoms with Crippen LogP contribution in [0.25, 0.3) is 11.1 Å². The number of rotatable bonds is 11. The molecule has 1 saturated carbocycles. The molecular weight excluding hydrogens is 641 g/mol. The normalized spacial score (nSPS) is 14.8. The average molecular weight is 715 g/mol. The van der Waals surface area contributed by atoms with Crippen molar-refractivity contribution in [2.45, 2.75) is 154 Å². The van der Waals surface area contributed by atoms with Crippen LogP contribution in [0.2, 0.25) is 0 Å². The van der Waals surface area contributed by atoms with E-state index in [1.807, 2.05) is 54.8 Å². The Bertz CT molecular complexity index is 1610. The molecule has 1 aromatic heterocycles. The molecule has 2 heterocycles. The summed E-state index contributed by atoms with van der Waals surface area (Å²) < 4.78 is 1.71. The van der Waals surface area contributed by atoms with Crippen LogP contribution < -0.4 is 10.9 Å². The Labute approximate surface area is 318 Å². The Kier molecular flexibility index (Phi) is 18.6. The summed E-state index contributed by atoms with van der Waals surface area (Å²) in [5.74, 6) is 0.947. The summed E-state index contributed by atoms with van der Waals surface area (Å²) >= 11 is 0. The standard InChI is InChI=1S/C38H52N4O2.C4H10.2C2H6/c1-8-10-14-33-30(21-39-36(43)9-2)12-11-13-31(33)22-42-18-17-41(25-38(42)15-16-38)24-34-26(3)19-32(20-27(34)4)35-23-40(7)37(44)29(6)28(35)5;1-4(2)3;2*1-2/h11-13,19-20,23H,8-10,14-18,21-22,24-25H2,1-7H3,(H,39,43);4H,1-3H3;2*1-2H3. The molecule has 1 aliphatic heterocycles. The highest BCUT2D eigenvalue weighted by Gasteiger charge is 2.51. The monoisotopic (exact) mass is 715 g/mol. The maximum atomic E-state index is 12.4. The number of aryl methyl sites for hydroxylation is 3. The van der Waals surface area contributed by atoms with Crippen molar-refractivity contribution in [3.8, 4) is 11.1 Å². The lowest BCUT2D eigenvalue weighted by molar-refractivity contribution is -0.120. The van der Waals surface area contributed by atoms with Gasteiger partial charge in [0.25, 0.3) is 5.56 Å². The lowest BCUT2D eigenvalue weighted by atomic mass is 9.92. The lowest BCUT2D eigenvalue weighted by Gasteiger charge is -2.43. The number of amides is 1. The zero-order valence-corrected chi connectivity index (χ0v) is 35.7. The Hall–Kier alpha value is -3.22. The van der Waals surface area contributed by atoms with Crippen LogP contribution in [0.3, 0.4) is 0 Å². The fourth-order valence-corrected chi connectivity index (χ4v) is 7.18. The highest BCUT2D eigenvalue weighted by Crippen LogP contribution is 2.45. The summed E-state index contributed by atoms with van der Waals surface area (Å²) in [5.41, 5.74) is 12.8. The van der Waals surface area contributed by atoms with Crippen molar-refractivity contribution in [2.24, 2.45) is 13.0 Å². The van der Waals surface area contributed by atoms with E-state index >= 15 is 0 Å². The van der Waals surface area contributed by atoms with Gasteiger partial charge in [0, 0.05) is 75.6 Å². The third kappa shape index (κ3) is 11.9. The van der Waals surface area contributed by atoms with E-state index in [-0.39, 0.29) is 17.0 Å². The van der Waals surface area contributed by atoms with Gasteiger partial charge in [0.05, 0.1) is 0 Å². The smallest absolute Gasteiger partial charge is 0.253 e. The van der Waals surface area contributed by atoms with Gasteiger partial charge >= 0.3 is 0 Å². The van der Waals surface area contributed by atoms with Gasteiger partial charge in [-0.25, -0.2) is 0 Å². The quantitative estimate of drug-likeness (QED) is 0.215. The first-order valence-electron chi connectivity index (χ1n) is 20.4. The SMILES string of the molecule is CC.CC.CC(C)C.CCCCc1c(CNC(=O)CC)cccc1CN1CCN(Cc2c(C)cc(-c3cn(C)c(=O)c(C)c3C)cc2C)CC12CC2. The van der Waals surface area contributed by atoms with Gasteiger partial charge in [-0.2, -0.15) is 0 Å². The minimum Gasteiger partial charge on any atom is -0.352 e. The molecule has 1 N–H and O–H groups in total. The number of hydrogen-bond donors (Lipinski definition) is 1. The zero-order valence-electron chi connectivity index (χ0n) is 35.7. The second-order valence-corrected chi connectivity index (χ2v) is 15.2. The van der Waals surface area contributed by atoms with Crippen molar-refractivity contribution in [2.75, 3.05) is 19.6 Å². The molecule has 0 atom stereocenters. The van der Waals surface area contributed by atoms with Gasteiger partial charge in [-0.3, -0.25) is 19.4 Å². The molecule has 2 aromatic carbocycles. The molecule has 290 valence electrons. The predicted molar refractivity (Wildman–Crippen MR) is 224 cm³/mol. The molecule has 52 heavy (non-hydrogen) atoms. The molecule has 3 aromatic rings. The molecule has 6 nitrogen and oxygen atoms in total. The lowest BCUT2D eigenvalue weighted by Crippen LogP contribution is -2.54. The second kappa shape index (κ2) is 21.5. The summed E-state index contributed by atoms with van der Waals surface area (Å²) in [6.45, 7) is 33.0. The average Bonchev–Trinajstić information content (AvgIpc) is 3.90. The number of unbranched alkanes of at least 4 members (excludes halogenated alkanes) is 1. The largest absolute Gasteiger partial charge is 0.352 e. The zero-order chi connectivity index (χ0) is 39.2. The van der Waals surface area contributed by atoms with Gasteiger partial charge in [-0.15, -0.1) is 0 Å². The number of nitrogens with one attached hydrogen (secondary N) is 1. The Morgan fingerprint density at radius 3 is 2.02 bits per heavy atom. The van der Waals surface area contributed by atoms with Gasteiger partial charge in [-0.1, -0.05) is 99.1 Å². The summed E-state index contributed by atoms with van der Waals surface area (Å²) in [6.07, 6.45) is 8.45. The number of piperazine rings is 1. The first kappa shape index (κ1) is 44.9. The van der Waals surface area contributed by atoms with Crippen LogP contribution in [-0.2, 0) is 37.9 Å². The topological polar surface area (TPSA) is 57.6 Å². The molecule has 6 heteroatoms. The van der Waals surface area contributed by atoms with Crippen molar-refractivity contribution in [3.05, 3.63) is 91.4 Å². The third-order valence-electron chi connectivity index (χ3n) is 10.3. The maximum absolute atomic E-state index is 12.4. The highest BCUT2D eigenvalue weighted by atomic mass is 16.1. The van der Waals surface area contributed by atoms with Gasteiger partial charge in [-0.05, 0) is 104 Å². The molecule has 0 radical (unpaired) electrons. The van der Waals surface area contributed by atoms with E-state index in [4.69, 9.17) is 0 Å². The number of aromatic nitrogens is 1. The first-order valence-corrected chi connectivity index (χ1v) is 20.4. The Morgan fingerprint density at radius 2 is 1.46 bits per heavy atom. The van der Waals surface area contributed by atoms with Crippen molar-refractivity contribution in [1.29, 1.82) is 0 Å². The fraction of sp³-hybridized carbons (Fsp3) is 0.609. The van der Waals surface area contributed by atoms with E-state index in [1.165, 1.54) is 64.6 Å². The molecule has 2 fully saturated rings. The molecule has 1 aliphatic carbocycles. The molecule has 0 unspecified atom stereocenters. The third-order valence-corrected chi connectivity index (χ3v) is 10.3. The summed E-state index contributed by atoms with van der Waals surface area (Å²) in [6, 6.07) is 11.3. The Morgan fingerprint density at radius 1 is 0.865 bits per heavy atom. The molecule has 1 amide bonds. The van der Waals surface area contributed by atoms with Crippen molar-refractivity contribution in [1.82, 2.24) is 19.7 Å². The number of pyridine rings is 1. The van der Waals surface area contributed by atoms with Gasteiger partial charge in [0.15, 0.2) is 0 Å². The molecule has 2 aliphatic rings. The van der Waals surface area contributed by atoms with Crippen LogP contribution in [0.4, 0.5) is 0 Å². The van der Waals surface area contributed by atoms with Gasteiger partial charge in [0.1, 0.15) is 0 Å². The molecule has 0 bridgehead atoms. The second-order valence-electron chi connectivity index (χ2n) is 15.2. The highest BCUT2D eigenvalue weighted by molar-refractivity contribution is 5.75. The van der Waals surface area contributed by atoms with Crippen LogP contribution in [-0.4, -0.2) is 45.4 Å². The summed E-state index contributed by atoms with van der Waals surface area (Å²) in [7, 11) is 1.84. The minimum absolute atomic E-state index is 0.0785. The van der Waals surface area contributed by atoms with Crippen molar-refractivity contribution in [3.63, 3.8) is 0 Å². The van der Waals surface area contributed by atoms with E-state index in [1.54, 1.807) is 4.57 Å². The van der Waals surface area contributed by atoms with E-state index in [0.29, 0.717) is 13.0 Å². The number of benzene rings is 2. The molecule has 1 saturated heterocycles. The van der Waals surface area contributed by atoms with Gasteiger partial charge in [0.2, 0.25) is 5.91 Å². The van der Waals surface area contributed by atoms with E-state index in [0.717, 1.165) is 61.8 Å². The van der Waals surface area contributed by atoms with Crippen LogP contribution in [0.15, 0.2) is 41.3 Å². The molecular formula is C46H74N4O2. The molecule has 5 rings (SSSR count). The first-order chi connectivity index (χ1) is 24.8. The van der Waals surface area contributed by atoms with Crippen LogP contribution >= 0.6 is 0 Å². The van der Waals surface area contributed by atoms with Crippen LogP contribution in [0.1, 0.15) is 139 Å². The van der Waals surface area contributed by atoms with E-state index in [9.17, 15) is 9.59 Å². The summed E-state index contributed by atoms with van der Waals surface area (Å²) in [4.78, 5) is 29.9. The van der Waals surface area contributed by atoms with Crippen LogP contribution in [0, 0.1) is 33.6 Å². The molecule has 1 spiro atoms. The van der Waals surface area contributed by atoms with Crippen LogP contribution in [0.5, 0.6) is 0 Å². The van der Waals surface area contributed by atoms with E-state index < -0.39 is 0 Å². The number of carbonyl (C=O) groups excluding carboxylic acids is 1. The number of carbonyl (C=O) groups is 1. The van der Waals surface area contributed by atoms with E-state index in [2.05, 4.69) is 93.9 Å². The number of nitrogens with zero attached hydrogens (tertiary/aromatic N) is 3. The summed E-state index contributed by atoms with van der Waals surface area (Å²) in [5, 5.41) is 3.11. The minimum atomic E-state index is 0.0785. The Balaban J connectivity index is 0.00000108. The van der Waals surface area contributed by atoms with Crippen molar-refractivity contribution < 1.29 is 4.79 Å².